The minimum atomic E-state index is -0.607. The smallest absolute Gasteiger partial charge is 0.182 e. The van der Waals surface area contributed by atoms with E-state index in [4.69, 9.17) is 4.74 Å². The summed E-state index contributed by atoms with van der Waals surface area (Å²) in [6.07, 6.45) is 3.58. The second kappa shape index (κ2) is 6.66. The van der Waals surface area contributed by atoms with E-state index in [9.17, 15) is 8.78 Å². The second-order valence-electron chi connectivity index (χ2n) is 7.56. The first-order chi connectivity index (χ1) is 13.6. The summed E-state index contributed by atoms with van der Waals surface area (Å²) in [7, 11) is 0. The van der Waals surface area contributed by atoms with Crippen molar-refractivity contribution in [1.82, 2.24) is 0 Å². The van der Waals surface area contributed by atoms with Gasteiger partial charge in [-0.2, -0.15) is 0 Å². The van der Waals surface area contributed by atoms with E-state index in [1.807, 2.05) is 6.92 Å². The quantitative estimate of drug-likeness (QED) is 0.340. The maximum Gasteiger partial charge on any atom is 0.182 e. The molecule has 0 radical (unpaired) electrons. The van der Waals surface area contributed by atoms with Crippen molar-refractivity contribution in [3.05, 3.63) is 53.3 Å². The van der Waals surface area contributed by atoms with Crippen molar-refractivity contribution in [1.29, 1.82) is 0 Å². The van der Waals surface area contributed by atoms with Crippen molar-refractivity contribution in [2.45, 2.75) is 32.6 Å². The maximum absolute atomic E-state index is 15.3. The van der Waals surface area contributed by atoms with Crippen LogP contribution >= 0.6 is 11.3 Å². The Morgan fingerprint density at radius 3 is 2.50 bits per heavy atom. The molecular formula is C23H19F3OS. The average Bonchev–Trinajstić information content (AvgIpc) is 3.43. The molecule has 0 saturated heterocycles. The molecule has 5 heteroatoms. The van der Waals surface area contributed by atoms with Gasteiger partial charge in [0.05, 0.1) is 21.4 Å². The molecule has 1 fully saturated rings. The third-order valence-corrected chi connectivity index (χ3v) is 6.67. The van der Waals surface area contributed by atoms with E-state index in [-0.39, 0.29) is 15.8 Å². The van der Waals surface area contributed by atoms with Crippen molar-refractivity contribution < 1.29 is 17.9 Å². The van der Waals surface area contributed by atoms with Gasteiger partial charge in [0, 0.05) is 10.8 Å². The van der Waals surface area contributed by atoms with Crippen LogP contribution in [0.2, 0.25) is 0 Å². The SMILES string of the molecule is CCCc1ccc2cc3c(sc4c(F)c(OCC5CC5)ccc43)c(F)c2c1F. The Morgan fingerprint density at radius 1 is 0.964 bits per heavy atom. The Kier molecular flexibility index (Phi) is 4.23. The first kappa shape index (κ1) is 17.8. The fourth-order valence-corrected chi connectivity index (χ4v) is 4.90. The van der Waals surface area contributed by atoms with Gasteiger partial charge >= 0.3 is 0 Å². The molecule has 1 heterocycles. The highest BCUT2D eigenvalue weighted by Gasteiger charge is 2.24. The number of thiophene rings is 1. The first-order valence-electron chi connectivity index (χ1n) is 9.65. The van der Waals surface area contributed by atoms with Gasteiger partial charge in [-0.25, -0.2) is 13.2 Å². The highest BCUT2D eigenvalue weighted by atomic mass is 32.1. The van der Waals surface area contributed by atoms with Crippen LogP contribution in [0.4, 0.5) is 13.2 Å². The highest BCUT2D eigenvalue weighted by Crippen LogP contribution is 2.43. The van der Waals surface area contributed by atoms with E-state index < -0.39 is 17.5 Å². The van der Waals surface area contributed by atoms with E-state index in [0.717, 1.165) is 30.6 Å². The third-order valence-electron chi connectivity index (χ3n) is 5.46. The minimum Gasteiger partial charge on any atom is -0.490 e. The van der Waals surface area contributed by atoms with Gasteiger partial charge in [0.15, 0.2) is 17.4 Å². The van der Waals surface area contributed by atoms with Gasteiger partial charge in [0.25, 0.3) is 0 Å². The molecular weight excluding hydrogens is 381 g/mol. The largest absolute Gasteiger partial charge is 0.490 e. The summed E-state index contributed by atoms with van der Waals surface area (Å²) in [4.78, 5) is 0. The molecule has 0 bridgehead atoms. The summed E-state index contributed by atoms with van der Waals surface area (Å²) in [6.45, 7) is 2.47. The topological polar surface area (TPSA) is 9.23 Å². The Labute approximate surface area is 164 Å². The minimum absolute atomic E-state index is 0.00405. The first-order valence-corrected chi connectivity index (χ1v) is 10.5. The molecule has 3 aromatic carbocycles. The number of hydrogen-bond acceptors (Lipinski definition) is 2. The van der Waals surface area contributed by atoms with E-state index in [2.05, 4.69) is 0 Å². The van der Waals surface area contributed by atoms with Crippen molar-refractivity contribution in [3.63, 3.8) is 0 Å². The summed E-state index contributed by atoms with van der Waals surface area (Å²) in [5, 5.41) is 1.74. The molecule has 0 N–H and O–H groups in total. The number of halogens is 3. The molecule has 4 aromatic rings. The zero-order chi connectivity index (χ0) is 19.4. The van der Waals surface area contributed by atoms with Gasteiger partial charge in [-0.05, 0) is 54.3 Å². The van der Waals surface area contributed by atoms with Gasteiger partial charge in [0.1, 0.15) is 5.82 Å². The summed E-state index contributed by atoms with van der Waals surface area (Å²) >= 11 is 1.03. The molecule has 0 spiro atoms. The average molecular weight is 400 g/mol. The normalized spacial score (nSPS) is 14.4. The van der Waals surface area contributed by atoms with Gasteiger partial charge < -0.3 is 4.74 Å². The van der Waals surface area contributed by atoms with Crippen molar-refractivity contribution in [2.75, 3.05) is 6.61 Å². The molecule has 144 valence electrons. The second-order valence-corrected chi connectivity index (χ2v) is 8.59. The van der Waals surface area contributed by atoms with E-state index in [0.29, 0.717) is 45.4 Å². The monoisotopic (exact) mass is 400 g/mol. The zero-order valence-corrected chi connectivity index (χ0v) is 16.3. The Balaban J connectivity index is 1.72. The molecule has 0 unspecified atom stereocenters. The van der Waals surface area contributed by atoms with E-state index >= 15 is 4.39 Å². The van der Waals surface area contributed by atoms with Gasteiger partial charge in [-0.3, -0.25) is 0 Å². The van der Waals surface area contributed by atoms with Crippen LogP contribution in [0.5, 0.6) is 5.75 Å². The number of ether oxygens (including phenoxy) is 1. The highest BCUT2D eigenvalue weighted by molar-refractivity contribution is 7.26. The number of fused-ring (bicyclic) bond motifs is 4. The predicted octanol–water partition coefficient (Wildman–Crippen LogP) is 7.37. The van der Waals surface area contributed by atoms with Crippen LogP contribution in [0, 0.1) is 23.4 Å². The molecule has 1 saturated carbocycles. The Bertz CT molecular complexity index is 1220. The molecule has 1 aromatic heterocycles. The van der Waals surface area contributed by atoms with E-state index in [1.165, 1.54) is 0 Å². The van der Waals surface area contributed by atoms with Gasteiger partial charge in [-0.1, -0.05) is 25.5 Å². The van der Waals surface area contributed by atoms with Crippen LogP contribution in [0.15, 0.2) is 30.3 Å². The zero-order valence-electron chi connectivity index (χ0n) is 15.5. The number of rotatable bonds is 5. The lowest BCUT2D eigenvalue weighted by Crippen LogP contribution is -2.00. The molecule has 5 rings (SSSR count). The predicted molar refractivity (Wildman–Crippen MR) is 109 cm³/mol. The van der Waals surface area contributed by atoms with Gasteiger partial charge in [-0.15, -0.1) is 11.3 Å². The molecule has 1 nitrogen and oxygen atoms in total. The third kappa shape index (κ3) is 2.75. The number of benzene rings is 3. The van der Waals surface area contributed by atoms with Crippen molar-refractivity contribution in [3.8, 4) is 5.75 Å². The summed E-state index contributed by atoms with van der Waals surface area (Å²) in [5.41, 5.74) is 0.510. The Morgan fingerprint density at radius 2 is 1.75 bits per heavy atom. The van der Waals surface area contributed by atoms with Crippen LogP contribution < -0.4 is 4.74 Å². The van der Waals surface area contributed by atoms with Crippen LogP contribution in [-0.4, -0.2) is 6.61 Å². The molecule has 28 heavy (non-hydrogen) atoms. The lowest BCUT2D eigenvalue weighted by atomic mass is 10.0. The van der Waals surface area contributed by atoms with Crippen molar-refractivity contribution >= 4 is 42.3 Å². The van der Waals surface area contributed by atoms with Crippen LogP contribution in [-0.2, 0) is 6.42 Å². The molecule has 0 aliphatic heterocycles. The van der Waals surface area contributed by atoms with Crippen LogP contribution in [0.25, 0.3) is 30.9 Å². The van der Waals surface area contributed by atoms with Crippen LogP contribution in [0.3, 0.4) is 0 Å². The van der Waals surface area contributed by atoms with Crippen LogP contribution in [0.1, 0.15) is 31.7 Å². The summed E-state index contributed by atoms with van der Waals surface area (Å²) in [5.74, 6) is -0.864. The molecule has 1 aliphatic carbocycles. The van der Waals surface area contributed by atoms with E-state index in [1.54, 1.807) is 30.3 Å². The van der Waals surface area contributed by atoms with Crippen molar-refractivity contribution in [2.24, 2.45) is 5.92 Å². The number of hydrogen-bond donors (Lipinski definition) is 0. The standard InChI is InChI=1S/C23H19F3OS/c1-2-3-13-6-7-14-10-16-15-8-9-17(27-11-12-4-5-12)20(25)22(15)28-23(16)21(26)18(14)19(13)24/h6-10,12H,2-5,11H2,1H3. The lowest BCUT2D eigenvalue weighted by Gasteiger charge is -2.08. The number of aryl methyl sites for hydroxylation is 1. The fraction of sp³-hybridized carbons (Fsp3) is 0.304. The summed E-state index contributed by atoms with van der Waals surface area (Å²) < 4.78 is 51.4. The Hall–Kier alpha value is -2.27. The fourth-order valence-electron chi connectivity index (χ4n) is 3.75. The summed E-state index contributed by atoms with van der Waals surface area (Å²) in [6, 6.07) is 8.60. The molecule has 1 aliphatic rings. The molecule has 0 atom stereocenters. The lowest BCUT2D eigenvalue weighted by molar-refractivity contribution is 0.286. The molecule has 0 amide bonds. The van der Waals surface area contributed by atoms with Gasteiger partial charge in [0.2, 0.25) is 0 Å². The maximum atomic E-state index is 15.3.